The van der Waals surface area contributed by atoms with Crippen LogP contribution in [0, 0.1) is 0 Å². The summed E-state index contributed by atoms with van der Waals surface area (Å²) in [4.78, 5) is 13.0. The molecule has 0 unspecified atom stereocenters. The molecule has 0 bridgehead atoms. The molecule has 0 radical (unpaired) electrons. The zero-order chi connectivity index (χ0) is 24.7. The number of carbonyl (C=O) groups is 1. The highest BCUT2D eigenvalue weighted by molar-refractivity contribution is 7.98. The first-order chi connectivity index (χ1) is 16.1. The van der Waals surface area contributed by atoms with Gasteiger partial charge in [0.1, 0.15) is 0 Å². The van der Waals surface area contributed by atoms with Crippen LogP contribution in [-0.2, 0) is 11.2 Å². The fourth-order valence-corrected chi connectivity index (χ4v) is 4.60. The molecule has 0 heterocycles. The second kappa shape index (κ2) is 12.1. The van der Waals surface area contributed by atoms with Crippen molar-refractivity contribution < 1.29 is 4.79 Å². The van der Waals surface area contributed by atoms with Gasteiger partial charge >= 0.3 is 0 Å². The van der Waals surface area contributed by atoms with E-state index < -0.39 is 0 Å². The molecular formula is C27H28Cl2N2OS2. The normalized spacial score (nSPS) is 11.2. The van der Waals surface area contributed by atoms with Crippen molar-refractivity contribution in [1.29, 1.82) is 0 Å². The van der Waals surface area contributed by atoms with E-state index in [9.17, 15) is 4.79 Å². The Morgan fingerprint density at radius 3 is 2.35 bits per heavy atom. The summed E-state index contributed by atoms with van der Waals surface area (Å²) in [5, 5.41) is 8.04. The van der Waals surface area contributed by atoms with Crippen molar-refractivity contribution in [3.63, 3.8) is 0 Å². The van der Waals surface area contributed by atoms with Gasteiger partial charge in [0.05, 0.1) is 10.0 Å². The first kappa shape index (κ1) is 26.6. The number of anilines is 1. The van der Waals surface area contributed by atoms with E-state index in [1.807, 2.05) is 66.7 Å². The predicted octanol–water partition coefficient (Wildman–Crippen LogP) is 7.74. The zero-order valence-electron chi connectivity index (χ0n) is 19.5. The minimum Gasteiger partial charge on any atom is -0.362 e. The van der Waals surface area contributed by atoms with Crippen LogP contribution in [0.4, 0.5) is 5.69 Å². The van der Waals surface area contributed by atoms with Gasteiger partial charge in [-0.1, -0.05) is 86.4 Å². The summed E-state index contributed by atoms with van der Waals surface area (Å²) in [6, 6.07) is 20.9. The lowest BCUT2D eigenvalue weighted by Gasteiger charge is -2.19. The highest BCUT2D eigenvalue weighted by Gasteiger charge is 2.15. The number of carbonyl (C=O) groups excluding carboxylic acids is 1. The van der Waals surface area contributed by atoms with E-state index >= 15 is 0 Å². The van der Waals surface area contributed by atoms with Gasteiger partial charge in [0.25, 0.3) is 0 Å². The Labute approximate surface area is 221 Å². The molecule has 0 saturated heterocycles. The third-order valence-corrected chi connectivity index (χ3v) is 7.20. The molecule has 7 heteroatoms. The quantitative estimate of drug-likeness (QED) is 0.177. The van der Waals surface area contributed by atoms with Crippen molar-refractivity contribution in [2.45, 2.75) is 31.9 Å². The Bertz CT molecular complexity index is 1160. The Hall–Kier alpha value is -2.05. The van der Waals surface area contributed by atoms with Crippen LogP contribution in [0.25, 0.3) is 0 Å². The highest BCUT2D eigenvalue weighted by Crippen LogP contribution is 2.25. The summed E-state index contributed by atoms with van der Waals surface area (Å²) >= 11 is 19.2. The maximum Gasteiger partial charge on any atom is 0.193 e. The van der Waals surface area contributed by atoms with Crippen LogP contribution in [0.2, 0.25) is 10.0 Å². The van der Waals surface area contributed by atoms with Gasteiger partial charge in [-0.15, -0.1) is 0 Å². The number of thiocarbonyl (C=S) groups is 1. The van der Waals surface area contributed by atoms with Gasteiger partial charge in [-0.25, -0.2) is 0 Å². The van der Waals surface area contributed by atoms with E-state index in [0.29, 0.717) is 26.3 Å². The molecular weight excluding hydrogens is 503 g/mol. The molecule has 0 aromatic heterocycles. The lowest BCUT2D eigenvalue weighted by atomic mass is 9.86. The van der Waals surface area contributed by atoms with Gasteiger partial charge < -0.3 is 10.6 Å². The number of hydrogen-bond acceptors (Lipinski definition) is 3. The van der Waals surface area contributed by atoms with Gasteiger partial charge in [-0.05, 0) is 53.0 Å². The zero-order valence-corrected chi connectivity index (χ0v) is 22.6. The molecule has 0 aliphatic heterocycles. The second-order valence-electron chi connectivity index (χ2n) is 8.92. The summed E-state index contributed by atoms with van der Waals surface area (Å²) in [7, 11) is 0. The van der Waals surface area contributed by atoms with Gasteiger partial charge in [-0.2, -0.15) is 11.8 Å². The van der Waals surface area contributed by atoms with Gasteiger partial charge in [-0.3, -0.25) is 4.79 Å². The van der Waals surface area contributed by atoms with Crippen LogP contribution in [0.5, 0.6) is 0 Å². The number of benzene rings is 3. The Balaban J connectivity index is 1.48. The van der Waals surface area contributed by atoms with E-state index in [0.717, 1.165) is 29.3 Å². The minimum absolute atomic E-state index is 0.0123. The third kappa shape index (κ3) is 7.74. The average molecular weight is 532 g/mol. The number of ketones is 1. The molecule has 178 valence electrons. The number of nitrogens with one attached hydrogen (secondary N) is 2. The van der Waals surface area contributed by atoms with Crippen LogP contribution in [-0.4, -0.2) is 23.2 Å². The van der Waals surface area contributed by atoms with Crippen LogP contribution in [0.3, 0.4) is 0 Å². The van der Waals surface area contributed by atoms with Crippen LogP contribution in [0.1, 0.15) is 47.8 Å². The molecule has 0 spiro atoms. The lowest BCUT2D eigenvalue weighted by molar-refractivity contribution is 0.103. The first-order valence-corrected chi connectivity index (χ1v) is 13.3. The van der Waals surface area contributed by atoms with Gasteiger partial charge in [0.2, 0.25) is 0 Å². The summed E-state index contributed by atoms with van der Waals surface area (Å²) in [5.74, 6) is 1.71. The molecule has 34 heavy (non-hydrogen) atoms. The monoisotopic (exact) mass is 530 g/mol. The van der Waals surface area contributed by atoms with E-state index in [4.69, 9.17) is 35.4 Å². The van der Waals surface area contributed by atoms with E-state index in [-0.39, 0.29) is 11.2 Å². The maximum absolute atomic E-state index is 13.0. The minimum atomic E-state index is -0.0123. The van der Waals surface area contributed by atoms with Crippen molar-refractivity contribution >= 4 is 63.8 Å². The Morgan fingerprint density at radius 2 is 1.68 bits per heavy atom. The fourth-order valence-electron chi connectivity index (χ4n) is 3.26. The van der Waals surface area contributed by atoms with Crippen molar-refractivity contribution in [1.82, 2.24) is 5.32 Å². The lowest BCUT2D eigenvalue weighted by Crippen LogP contribution is -2.30. The van der Waals surface area contributed by atoms with Crippen LogP contribution < -0.4 is 10.6 Å². The maximum atomic E-state index is 13.0. The van der Waals surface area contributed by atoms with Gasteiger partial charge in [0, 0.05) is 34.9 Å². The average Bonchev–Trinajstić information content (AvgIpc) is 2.80. The topological polar surface area (TPSA) is 41.1 Å². The van der Waals surface area contributed by atoms with Crippen molar-refractivity contribution in [3.05, 3.63) is 99.0 Å². The molecule has 2 N–H and O–H groups in total. The van der Waals surface area contributed by atoms with E-state index in [1.165, 1.54) is 5.56 Å². The molecule has 3 nitrogen and oxygen atoms in total. The number of halogens is 2. The fraction of sp³-hybridized carbons (Fsp3) is 0.259. The second-order valence-corrected chi connectivity index (χ2v) is 11.2. The molecule has 3 aromatic rings. The Morgan fingerprint density at radius 1 is 0.941 bits per heavy atom. The standard InChI is InChI=1S/C27H28Cl2N2OS2/c1-27(2,3)21-10-8-19(9-11-21)25(32)20-5-4-6-22(16-20)31-26(33)30-13-14-34-17-18-7-12-23(28)24(29)15-18/h4-12,15-16H,13-14,17H2,1-3H3,(H2,30,31,33). The molecule has 0 fully saturated rings. The van der Waals surface area contributed by atoms with Crippen molar-refractivity contribution in [3.8, 4) is 0 Å². The molecule has 0 atom stereocenters. The predicted molar refractivity (Wildman–Crippen MR) is 152 cm³/mol. The van der Waals surface area contributed by atoms with Crippen LogP contribution in [0.15, 0.2) is 66.7 Å². The highest BCUT2D eigenvalue weighted by atomic mass is 35.5. The molecule has 0 amide bonds. The smallest absolute Gasteiger partial charge is 0.193 e. The number of thioether (sulfide) groups is 1. The first-order valence-electron chi connectivity index (χ1n) is 11.0. The van der Waals surface area contributed by atoms with E-state index in [1.54, 1.807) is 11.8 Å². The summed E-state index contributed by atoms with van der Waals surface area (Å²) in [6.07, 6.45) is 0. The molecule has 0 aliphatic rings. The van der Waals surface area contributed by atoms with E-state index in [2.05, 4.69) is 31.4 Å². The summed E-state index contributed by atoms with van der Waals surface area (Å²) in [6.45, 7) is 7.19. The SMILES string of the molecule is CC(C)(C)c1ccc(C(=O)c2cccc(NC(=S)NCCSCc3ccc(Cl)c(Cl)c3)c2)cc1. The Kier molecular flexibility index (Phi) is 9.43. The van der Waals surface area contributed by atoms with Crippen molar-refractivity contribution in [2.24, 2.45) is 0 Å². The number of hydrogen-bond donors (Lipinski definition) is 2. The molecule has 0 aliphatic carbocycles. The molecule has 3 rings (SSSR count). The molecule has 0 saturated carbocycles. The van der Waals surface area contributed by atoms with Crippen molar-refractivity contribution in [2.75, 3.05) is 17.6 Å². The summed E-state index contributed by atoms with van der Waals surface area (Å²) < 4.78 is 0. The summed E-state index contributed by atoms with van der Waals surface area (Å²) in [5.41, 5.74) is 4.45. The largest absolute Gasteiger partial charge is 0.362 e. The van der Waals surface area contributed by atoms with Crippen LogP contribution >= 0.6 is 47.2 Å². The number of rotatable bonds is 8. The van der Waals surface area contributed by atoms with Gasteiger partial charge in [0.15, 0.2) is 10.9 Å². The third-order valence-electron chi connectivity index (χ3n) is 5.18. The molecule has 3 aromatic carbocycles.